The molecule has 2 nitrogen and oxygen atoms in total. The fraction of sp³-hybridized carbons (Fsp3) is 0.250. The zero-order valence-corrected chi connectivity index (χ0v) is 13.4. The van der Waals surface area contributed by atoms with E-state index in [0.29, 0.717) is 13.2 Å². The van der Waals surface area contributed by atoms with Crippen molar-refractivity contribution in [1.82, 2.24) is 0 Å². The van der Waals surface area contributed by atoms with Crippen molar-refractivity contribution in [2.45, 2.75) is 27.0 Å². The predicted molar refractivity (Wildman–Crippen MR) is 87.3 cm³/mol. The standard InChI is InChI=1S/C16H18INO/c1-11-7-14(9-18)8-12(2)16(11)19-10-13-3-5-15(17)6-4-13/h3-8H,9-10,18H2,1-2H3. The zero-order valence-electron chi connectivity index (χ0n) is 11.2. The minimum Gasteiger partial charge on any atom is -0.488 e. The van der Waals surface area contributed by atoms with E-state index in [9.17, 15) is 0 Å². The van der Waals surface area contributed by atoms with Crippen LogP contribution in [0.5, 0.6) is 5.75 Å². The van der Waals surface area contributed by atoms with Crippen molar-refractivity contribution in [3.8, 4) is 5.75 Å². The maximum atomic E-state index is 5.95. The molecule has 3 heteroatoms. The Balaban J connectivity index is 2.13. The molecule has 2 rings (SSSR count). The number of ether oxygens (including phenoxy) is 1. The molecule has 0 unspecified atom stereocenters. The van der Waals surface area contributed by atoms with Crippen LogP contribution in [-0.2, 0) is 13.2 Å². The van der Waals surface area contributed by atoms with Gasteiger partial charge in [0.1, 0.15) is 12.4 Å². The third-order valence-corrected chi connectivity index (χ3v) is 3.77. The lowest BCUT2D eigenvalue weighted by molar-refractivity contribution is 0.302. The molecule has 0 radical (unpaired) electrons. The molecule has 100 valence electrons. The normalized spacial score (nSPS) is 10.5. The lowest BCUT2D eigenvalue weighted by Gasteiger charge is -2.13. The van der Waals surface area contributed by atoms with Crippen LogP contribution in [-0.4, -0.2) is 0 Å². The first-order chi connectivity index (χ1) is 9.10. The number of benzene rings is 2. The fourth-order valence-electron chi connectivity index (χ4n) is 2.12. The summed E-state index contributed by atoms with van der Waals surface area (Å²) < 4.78 is 7.19. The summed E-state index contributed by atoms with van der Waals surface area (Å²) in [7, 11) is 0. The largest absolute Gasteiger partial charge is 0.488 e. The second kappa shape index (κ2) is 6.39. The molecule has 0 spiro atoms. The Morgan fingerprint density at radius 1 is 1.00 bits per heavy atom. The van der Waals surface area contributed by atoms with E-state index in [-0.39, 0.29) is 0 Å². The minimum atomic E-state index is 0.569. The molecule has 2 aromatic rings. The van der Waals surface area contributed by atoms with Crippen molar-refractivity contribution >= 4 is 22.6 Å². The van der Waals surface area contributed by atoms with Gasteiger partial charge in [-0.2, -0.15) is 0 Å². The Kier molecular flexibility index (Phi) is 4.82. The molecule has 2 aromatic carbocycles. The van der Waals surface area contributed by atoms with Crippen LogP contribution in [0.15, 0.2) is 36.4 Å². The highest BCUT2D eigenvalue weighted by Gasteiger charge is 2.06. The fourth-order valence-corrected chi connectivity index (χ4v) is 2.48. The minimum absolute atomic E-state index is 0.569. The van der Waals surface area contributed by atoms with Gasteiger partial charge in [-0.1, -0.05) is 24.3 Å². The van der Waals surface area contributed by atoms with Crippen molar-refractivity contribution in [1.29, 1.82) is 0 Å². The number of rotatable bonds is 4. The summed E-state index contributed by atoms with van der Waals surface area (Å²) in [6.45, 7) is 5.30. The molecule has 0 aliphatic heterocycles. The highest BCUT2D eigenvalue weighted by Crippen LogP contribution is 2.25. The molecular weight excluding hydrogens is 349 g/mol. The molecule has 0 aromatic heterocycles. The third kappa shape index (κ3) is 3.70. The summed E-state index contributed by atoms with van der Waals surface area (Å²) >= 11 is 2.30. The molecule has 0 fully saturated rings. The van der Waals surface area contributed by atoms with Gasteiger partial charge in [0.15, 0.2) is 0 Å². The van der Waals surface area contributed by atoms with Crippen molar-refractivity contribution in [3.05, 3.63) is 62.2 Å². The van der Waals surface area contributed by atoms with Gasteiger partial charge in [-0.15, -0.1) is 0 Å². The van der Waals surface area contributed by atoms with Crippen LogP contribution in [0.4, 0.5) is 0 Å². The maximum Gasteiger partial charge on any atom is 0.125 e. The van der Waals surface area contributed by atoms with Gasteiger partial charge < -0.3 is 10.5 Å². The first-order valence-corrected chi connectivity index (χ1v) is 7.35. The van der Waals surface area contributed by atoms with Gasteiger partial charge in [0.05, 0.1) is 0 Å². The molecular formula is C16H18INO. The molecule has 0 aliphatic rings. The van der Waals surface area contributed by atoms with Gasteiger partial charge in [0.2, 0.25) is 0 Å². The van der Waals surface area contributed by atoms with Crippen LogP contribution < -0.4 is 10.5 Å². The Morgan fingerprint density at radius 3 is 2.11 bits per heavy atom. The SMILES string of the molecule is Cc1cc(CN)cc(C)c1OCc1ccc(I)cc1. The topological polar surface area (TPSA) is 35.2 Å². The van der Waals surface area contributed by atoms with E-state index in [1.807, 2.05) is 0 Å². The molecule has 0 amide bonds. The second-order valence-corrected chi connectivity index (χ2v) is 5.92. The van der Waals surface area contributed by atoms with Crippen LogP contribution in [0.2, 0.25) is 0 Å². The van der Waals surface area contributed by atoms with Crippen molar-refractivity contribution in [2.75, 3.05) is 0 Å². The smallest absolute Gasteiger partial charge is 0.125 e. The number of halogens is 1. The van der Waals surface area contributed by atoms with E-state index < -0.39 is 0 Å². The van der Waals surface area contributed by atoms with Crippen molar-refractivity contribution in [3.63, 3.8) is 0 Å². The van der Waals surface area contributed by atoms with Gasteiger partial charge in [0.25, 0.3) is 0 Å². The lowest BCUT2D eigenvalue weighted by Crippen LogP contribution is -2.02. The van der Waals surface area contributed by atoms with Crippen molar-refractivity contribution < 1.29 is 4.74 Å². The van der Waals surface area contributed by atoms with Crippen LogP contribution in [0.3, 0.4) is 0 Å². The summed E-state index contributed by atoms with van der Waals surface area (Å²) in [5, 5.41) is 0. The zero-order chi connectivity index (χ0) is 13.8. The number of hydrogen-bond acceptors (Lipinski definition) is 2. The predicted octanol–water partition coefficient (Wildman–Crippen LogP) is 3.95. The average molecular weight is 367 g/mol. The Bertz CT molecular complexity index is 540. The number of aryl methyl sites for hydroxylation is 2. The molecule has 0 saturated heterocycles. The maximum absolute atomic E-state index is 5.95. The van der Waals surface area contributed by atoms with Crippen LogP contribution in [0.25, 0.3) is 0 Å². The van der Waals surface area contributed by atoms with Gasteiger partial charge in [-0.05, 0) is 70.8 Å². The Labute approximate surface area is 128 Å². The first kappa shape index (κ1) is 14.3. The van der Waals surface area contributed by atoms with E-state index >= 15 is 0 Å². The monoisotopic (exact) mass is 367 g/mol. The number of nitrogens with two attached hydrogens (primary N) is 1. The quantitative estimate of drug-likeness (QED) is 0.831. The average Bonchev–Trinajstić information content (AvgIpc) is 2.39. The first-order valence-electron chi connectivity index (χ1n) is 6.27. The highest BCUT2D eigenvalue weighted by molar-refractivity contribution is 14.1. The van der Waals surface area contributed by atoms with E-state index in [2.05, 4.69) is 72.8 Å². The van der Waals surface area contributed by atoms with Gasteiger partial charge >= 0.3 is 0 Å². The molecule has 0 saturated carbocycles. The second-order valence-electron chi connectivity index (χ2n) is 4.68. The van der Waals surface area contributed by atoms with Crippen LogP contribution in [0.1, 0.15) is 22.3 Å². The molecule has 2 N–H and O–H groups in total. The van der Waals surface area contributed by atoms with Crippen LogP contribution in [0, 0.1) is 17.4 Å². The Hall–Kier alpha value is -1.07. The van der Waals surface area contributed by atoms with E-state index in [0.717, 1.165) is 22.4 Å². The lowest BCUT2D eigenvalue weighted by atomic mass is 10.1. The van der Waals surface area contributed by atoms with E-state index in [1.165, 1.54) is 9.13 Å². The molecule has 0 aliphatic carbocycles. The van der Waals surface area contributed by atoms with E-state index in [4.69, 9.17) is 10.5 Å². The summed E-state index contributed by atoms with van der Waals surface area (Å²) in [5.74, 6) is 0.968. The summed E-state index contributed by atoms with van der Waals surface area (Å²) in [4.78, 5) is 0. The van der Waals surface area contributed by atoms with Crippen LogP contribution >= 0.6 is 22.6 Å². The molecule has 0 bridgehead atoms. The molecule has 19 heavy (non-hydrogen) atoms. The molecule has 0 heterocycles. The van der Waals surface area contributed by atoms with E-state index in [1.54, 1.807) is 0 Å². The third-order valence-electron chi connectivity index (χ3n) is 3.05. The van der Waals surface area contributed by atoms with Crippen molar-refractivity contribution in [2.24, 2.45) is 5.73 Å². The molecule has 0 atom stereocenters. The number of hydrogen-bond donors (Lipinski definition) is 1. The van der Waals surface area contributed by atoms with Gasteiger partial charge in [-0.3, -0.25) is 0 Å². The summed E-state index contributed by atoms with van der Waals surface area (Å²) in [6.07, 6.45) is 0. The Morgan fingerprint density at radius 2 is 1.58 bits per heavy atom. The van der Waals surface area contributed by atoms with Gasteiger partial charge in [0, 0.05) is 10.1 Å². The summed E-state index contributed by atoms with van der Waals surface area (Å²) in [5.41, 5.74) is 10.3. The summed E-state index contributed by atoms with van der Waals surface area (Å²) in [6, 6.07) is 12.6. The highest BCUT2D eigenvalue weighted by atomic mass is 127. The van der Waals surface area contributed by atoms with Gasteiger partial charge in [-0.25, -0.2) is 0 Å².